The summed E-state index contributed by atoms with van der Waals surface area (Å²) >= 11 is 12.1. The second-order valence-electron chi connectivity index (χ2n) is 4.46. The Labute approximate surface area is 120 Å². The zero-order valence-corrected chi connectivity index (χ0v) is 11.7. The molecule has 3 nitrogen and oxygen atoms in total. The highest BCUT2D eigenvalue weighted by molar-refractivity contribution is 6.35. The molecule has 1 aromatic heterocycles. The van der Waals surface area contributed by atoms with E-state index in [2.05, 4.69) is 9.97 Å². The van der Waals surface area contributed by atoms with Gasteiger partial charge in [-0.25, -0.2) is 4.98 Å². The Morgan fingerprint density at radius 2 is 1.89 bits per heavy atom. The van der Waals surface area contributed by atoms with Gasteiger partial charge >= 0.3 is 0 Å². The van der Waals surface area contributed by atoms with Crippen LogP contribution in [-0.4, -0.2) is 9.97 Å². The van der Waals surface area contributed by atoms with Gasteiger partial charge in [-0.2, -0.15) is 0 Å². The molecule has 2 aromatic carbocycles. The number of benzene rings is 2. The third kappa shape index (κ3) is 2.15. The van der Waals surface area contributed by atoms with Gasteiger partial charge in [0.05, 0.1) is 21.2 Å². The molecule has 0 saturated heterocycles. The number of aromatic amines is 1. The Hall–Kier alpha value is -1.71. The van der Waals surface area contributed by atoms with Crippen LogP contribution in [0.5, 0.6) is 0 Å². The molecule has 0 fully saturated rings. The predicted molar refractivity (Wildman–Crippen MR) is 80.7 cm³/mol. The minimum Gasteiger partial charge on any atom is -0.398 e. The summed E-state index contributed by atoms with van der Waals surface area (Å²) in [6.07, 6.45) is 0. The van der Waals surface area contributed by atoms with Gasteiger partial charge < -0.3 is 10.7 Å². The van der Waals surface area contributed by atoms with E-state index in [1.54, 1.807) is 12.1 Å². The fraction of sp³-hybridized carbons (Fsp3) is 0.0714. The summed E-state index contributed by atoms with van der Waals surface area (Å²) in [5.41, 5.74) is 9.97. The summed E-state index contributed by atoms with van der Waals surface area (Å²) in [6, 6.07) is 9.33. The van der Waals surface area contributed by atoms with Gasteiger partial charge in [-0.1, -0.05) is 23.2 Å². The van der Waals surface area contributed by atoms with Crippen molar-refractivity contribution >= 4 is 39.9 Å². The number of fused-ring (bicyclic) bond motifs is 1. The quantitative estimate of drug-likeness (QED) is 0.652. The number of nitrogen functional groups attached to an aromatic ring is 1. The van der Waals surface area contributed by atoms with E-state index in [1.807, 2.05) is 25.1 Å². The zero-order chi connectivity index (χ0) is 13.6. The first-order valence-electron chi connectivity index (χ1n) is 5.76. The molecule has 0 spiro atoms. The molecule has 1 heterocycles. The number of nitrogens with zero attached hydrogens (tertiary/aromatic N) is 1. The molecule has 0 aliphatic rings. The molecule has 0 amide bonds. The smallest absolute Gasteiger partial charge is 0.138 e. The molecule has 19 heavy (non-hydrogen) atoms. The van der Waals surface area contributed by atoms with E-state index in [9.17, 15) is 0 Å². The van der Waals surface area contributed by atoms with Crippen molar-refractivity contribution < 1.29 is 0 Å². The largest absolute Gasteiger partial charge is 0.398 e. The maximum atomic E-state index is 6.19. The Kier molecular flexibility index (Phi) is 2.88. The molecule has 0 aliphatic carbocycles. The maximum absolute atomic E-state index is 6.19. The minimum atomic E-state index is 0.530. The number of anilines is 1. The summed E-state index contributed by atoms with van der Waals surface area (Å²) < 4.78 is 0. The first-order chi connectivity index (χ1) is 9.04. The fourth-order valence-corrected chi connectivity index (χ4v) is 2.47. The number of hydrogen-bond acceptors (Lipinski definition) is 2. The van der Waals surface area contributed by atoms with E-state index in [-0.39, 0.29) is 0 Å². The third-order valence-corrected chi connectivity index (χ3v) is 3.59. The molecule has 3 N–H and O–H groups in total. The molecule has 5 heteroatoms. The van der Waals surface area contributed by atoms with Gasteiger partial charge in [-0.15, -0.1) is 0 Å². The number of halogens is 2. The summed E-state index contributed by atoms with van der Waals surface area (Å²) in [6.45, 7) is 1.99. The number of H-pyrrole nitrogens is 1. The molecule has 3 rings (SSSR count). The van der Waals surface area contributed by atoms with Gasteiger partial charge in [-0.05, 0) is 42.8 Å². The van der Waals surface area contributed by atoms with Crippen LogP contribution in [0.1, 0.15) is 5.56 Å². The summed E-state index contributed by atoms with van der Waals surface area (Å²) in [7, 11) is 0. The number of aromatic nitrogens is 2. The van der Waals surface area contributed by atoms with Gasteiger partial charge in [-0.3, -0.25) is 0 Å². The lowest BCUT2D eigenvalue weighted by atomic mass is 10.2. The molecule has 0 bridgehead atoms. The van der Waals surface area contributed by atoms with Crippen molar-refractivity contribution in [1.29, 1.82) is 0 Å². The molecule has 0 radical (unpaired) electrons. The predicted octanol–water partition coefficient (Wildman–Crippen LogP) is 4.43. The second kappa shape index (κ2) is 4.44. The van der Waals surface area contributed by atoms with Gasteiger partial charge in [0.15, 0.2) is 0 Å². The summed E-state index contributed by atoms with van der Waals surface area (Å²) in [5, 5.41) is 1.17. The van der Waals surface area contributed by atoms with E-state index >= 15 is 0 Å². The van der Waals surface area contributed by atoms with E-state index in [0.717, 1.165) is 28.0 Å². The van der Waals surface area contributed by atoms with Crippen molar-refractivity contribution in [2.45, 2.75) is 6.92 Å². The average Bonchev–Trinajstić information content (AvgIpc) is 2.76. The number of nitrogens with one attached hydrogen (secondary N) is 1. The van der Waals surface area contributed by atoms with Gasteiger partial charge in [0, 0.05) is 5.56 Å². The van der Waals surface area contributed by atoms with Gasteiger partial charge in [0.1, 0.15) is 11.3 Å². The fourth-order valence-electron chi connectivity index (χ4n) is 2.04. The highest BCUT2D eigenvalue weighted by Crippen LogP contribution is 2.29. The number of rotatable bonds is 1. The van der Waals surface area contributed by atoms with Crippen LogP contribution < -0.4 is 5.73 Å². The molecule has 0 aliphatic heterocycles. The van der Waals surface area contributed by atoms with E-state index in [4.69, 9.17) is 28.9 Å². The number of aryl methyl sites for hydroxylation is 1. The maximum Gasteiger partial charge on any atom is 0.138 e. The molecule has 96 valence electrons. The van der Waals surface area contributed by atoms with E-state index in [0.29, 0.717) is 15.7 Å². The third-order valence-electron chi connectivity index (χ3n) is 2.95. The van der Waals surface area contributed by atoms with E-state index in [1.165, 1.54) is 0 Å². The second-order valence-corrected chi connectivity index (χ2v) is 5.28. The van der Waals surface area contributed by atoms with Crippen LogP contribution in [-0.2, 0) is 0 Å². The highest BCUT2D eigenvalue weighted by Gasteiger charge is 2.09. The van der Waals surface area contributed by atoms with Crippen LogP contribution in [0.3, 0.4) is 0 Å². The average molecular weight is 292 g/mol. The SMILES string of the molecule is Cc1cc(Cl)c2nc(-c3ccc(Cl)c(N)c3)[nH]c2c1. The molecular formula is C14H11Cl2N3. The van der Waals surface area contributed by atoms with Crippen molar-refractivity contribution in [3.63, 3.8) is 0 Å². The molecule has 3 aromatic rings. The highest BCUT2D eigenvalue weighted by atomic mass is 35.5. The Morgan fingerprint density at radius 1 is 1.11 bits per heavy atom. The van der Waals surface area contributed by atoms with Crippen LogP contribution in [0.4, 0.5) is 5.69 Å². The summed E-state index contributed by atoms with van der Waals surface area (Å²) in [4.78, 5) is 7.75. The van der Waals surface area contributed by atoms with Crippen LogP contribution in [0, 0.1) is 6.92 Å². The standard InChI is InChI=1S/C14H11Cl2N3/c1-7-4-10(16)13-12(5-7)18-14(19-13)8-2-3-9(15)11(17)6-8/h2-6H,17H2,1H3,(H,18,19). The Morgan fingerprint density at radius 3 is 2.63 bits per heavy atom. The van der Waals surface area contributed by atoms with Crippen molar-refractivity contribution in [2.75, 3.05) is 5.73 Å². The van der Waals surface area contributed by atoms with Crippen molar-refractivity contribution in [3.8, 4) is 11.4 Å². The lowest BCUT2D eigenvalue weighted by molar-refractivity contribution is 1.34. The van der Waals surface area contributed by atoms with Crippen LogP contribution in [0.15, 0.2) is 30.3 Å². The van der Waals surface area contributed by atoms with Crippen molar-refractivity contribution in [3.05, 3.63) is 45.9 Å². The van der Waals surface area contributed by atoms with Crippen LogP contribution >= 0.6 is 23.2 Å². The van der Waals surface area contributed by atoms with Crippen molar-refractivity contribution in [1.82, 2.24) is 9.97 Å². The topological polar surface area (TPSA) is 54.7 Å². The van der Waals surface area contributed by atoms with Crippen LogP contribution in [0.25, 0.3) is 22.4 Å². The van der Waals surface area contributed by atoms with Gasteiger partial charge in [0.2, 0.25) is 0 Å². The number of hydrogen-bond donors (Lipinski definition) is 2. The van der Waals surface area contributed by atoms with Gasteiger partial charge in [0.25, 0.3) is 0 Å². The molecule has 0 saturated carbocycles. The lowest BCUT2D eigenvalue weighted by Gasteiger charge is -2.00. The van der Waals surface area contributed by atoms with Crippen LogP contribution in [0.2, 0.25) is 10.0 Å². The molecule has 0 atom stereocenters. The Bertz CT molecular complexity index is 778. The monoisotopic (exact) mass is 291 g/mol. The number of imidazole rings is 1. The normalized spacial score (nSPS) is 11.1. The van der Waals surface area contributed by atoms with E-state index < -0.39 is 0 Å². The Balaban J connectivity index is 2.20. The molecule has 0 unspecified atom stereocenters. The molecular weight excluding hydrogens is 281 g/mol. The zero-order valence-electron chi connectivity index (χ0n) is 10.2. The van der Waals surface area contributed by atoms with Crippen molar-refractivity contribution in [2.24, 2.45) is 0 Å². The summed E-state index contributed by atoms with van der Waals surface area (Å²) in [5.74, 6) is 0.728. The first kappa shape index (κ1) is 12.3. The number of nitrogens with two attached hydrogens (primary N) is 1. The minimum absolute atomic E-state index is 0.530. The first-order valence-corrected chi connectivity index (χ1v) is 6.51. The lowest BCUT2D eigenvalue weighted by Crippen LogP contribution is -1.88.